The first-order valence-corrected chi connectivity index (χ1v) is 6.92. The minimum absolute atomic E-state index is 0.186. The molecule has 0 spiro atoms. The molecule has 1 aromatic rings. The lowest BCUT2D eigenvalue weighted by atomic mass is 10.3. The van der Waals surface area contributed by atoms with Crippen molar-refractivity contribution in [1.82, 2.24) is 9.78 Å². The molecule has 1 fully saturated rings. The largest absolute Gasteiger partial charge is 0.467 e. The van der Waals surface area contributed by atoms with Crippen LogP contribution in [-0.2, 0) is 16.1 Å². The second kappa shape index (κ2) is 5.73. The summed E-state index contributed by atoms with van der Waals surface area (Å²) >= 11 is 3.25. The Labute approximate surface area is 119 Å². The van der Waals surface area contributed by atoms with Gasteiger partial charge in [-0.1, -0.05) is 0 Å². The first-order chi connectivity index (χ1) is 9.02. The van der Waals surface area contributed by atoms with E-state index < -0.39 is 12.0 Å². The maximum absolute atomic E-state index is 12.1. The van der Waals surface area contributed by atoms with Gasteiger partial charge in [-0.2, -0.15) is 5.10 Å². The van der Waals surface area contributed by atoms with Crippen LogP contribution in [0.3, 0.4) is 0 Å². The molecule has 1 aliphatic carbocycles. The number of aromatic nitrogens is 2. The van der Waals surface area contributed by atoms with Gasteiger partial charge in [0.15, 0.2) is 0 Å². The highest BCUT2D eigenvalue weighted by Crippen LogP contribution is 2.30. The second-order valence-corrected chi connectivity index (χ2v) is 5.49. The maximum Gasteiger partial charge on any atom is 0.327 e. The van der Waals surface area contributed by atoms with Crippen molar-refractivity contribution in [3.05, 3.63) is 21.0 Å². The summed E-state index contributed by atoms with van der Waals surface area (Å²) in [5.41, 5.74) is 0.309. The number of anilines is 1. The molecular weight excluding hydrogens is 314 g/mol. The Morgan fingerprint density at radius 3 is 2.95 bits per heavy atom. The predicted octanol–water partition coefficient (Wildman–Crippen LogP) is 1.39. The zero-order chi connectivity index (χ0) is 14.0. The number of carbonyl (C=O) groups is 1. The van der Waals surface area contributed by atoms with Gasteiger partial charge in [-0.3, -0.25) is 4.79 Å². The van der Waals surface area contributed by atoms with Crippen LogP contribution in [0.25, 0.3) is 0 Å². The zero-order valence-electron chi connectivity index (χ0n) is 10.9. The lowest BCUT2D eigenvalue weighted by molar-refractivity contribution is -0.141. The van der Waals surface area contributed by atoms with Crippen molar-refractivity contribution < 1.29 is 9.53 Å². The molecule has 2 rings (SSSR count). The molecule has 19 heavy (non-hydrogen) atoms. The topological polar surface area (TPSA) is 73.2 Å². The summed E-state index contributed by atoms with van der Waals surface area (Å²) in [7, 11) is 1.32. The summed E-state index contributed by atoms with van der Waals surface area (Å²) in [5, 5.41) is 7.02. The highest BCUT2D eigenvalue weighted by molar-refractivity contribution is 9.10. The number of nitrogens with one attached hydrogen (secondary N) is 1. The average Bonchev–Trinajstić information content (AvgIpc) is 3.21. The van der Waals surface area contributed by atoms with Gasteiger partial charge in [0.2, 0.25) is 0 Å². The third kappa shape index (κ3) is 3.34. The standard InChI is InChI=1S/C12H16BrN3O3/c1-7(12(18)19-2)15-9-5-14-16(6-8-3-4-8)11(17)10(9)13/h5,7-8,15H,3-4,6H2,1-2H3. The Morgan fingerprint density at radius 1 is 1.68 bits per heavy atom. The quantitative estimate of drug-likeness (QED) is 0.826. The molecule has 0 amide bonds. The van der Waals surface area contributed by atoms with Crippen LogP contribution >= 0.6 is 15.9 Å². The number of halogens is 1. The molecule has 1 aliphatic rings. The Hall–Kier alpha value is -1.37. The fourth-order valence-corrected chi connectivity index (χ4v) is 2.13. The molecule has 1 saturated carbocycles. The van der Waals surface area contributed by atoms with E-state index in [1.807, 2.05) is 0 Å². The zero-order valence-corrected chi connectivity index (χ0v) is 12.4. The van der Waals surface area contributed by atoms with Crippen LogP contribution in [0.4, 0.5) is 5.69 Å². The molecule has 104 valence electrons. The number of ether oxygens (including phenoxy) is 1. The van der Waals surface area contributed by atoms with Gasteiger partial charge < -0.3 is 10.1 Å². The first-order valence-electron chi connectivity index (χ1n) is 6.13. The van der Waals surface area contributed by atoms with Crippen molar-refractivity contribution in [3.8, 4) is 0 Å². The van der Waals surface area contributed by atoms with Crippen molar-refractivity contribution in [1.29, 1.82) is 0 Å². The van der Waals surface area contributed by atoms with E-state index in [-0.39, 0.29) is 5.56 Å². The van der Waals surface area contributed by atoms with Gasteiger partial charge in [0.1, 0.15) is 10.5 Å². The molecule has 1 heterocycles. The highest BCUT2D eigenvalue weighted by atomic mass is 79.9. The monoisotopic (exact) mass is 329 g/mol. The second-order valence-electron chi connectivity index (χ2n) is 4.69. The summed E-state index contributed by atoms with van der Waals surface area (Å²) in [6, 6.07) is -0.540. The van der Waals surface area contributed by atoms with Crippen LogP contribution in [-0.4, -0.2) is 28.9 Å². The summed E-state index contributed by atoms with van der Waals surface area (Å²) in [5.74, 6) is 0.180. The van der Waals surface area contributed by atoms with Crippen molar-refractivity contribution in [2.45, 2.75) is 32.4 Å². The molecule has 1 aromatic heterocycles. The summed E-state index contributed by atoms with van der Waals surface area (Å²) in [4.78, 5) is 23.4. The van der Waals surface area contributed by atoms with Crippen molar-refractivity contribution >= 4 is 27.6 Å². The average molecular weight is 330 g/mol. The molecule has 1 N–H and O–H groups in total. The molecular formula is C12H16BrN3O3. The van der Waals surface area contributed by atoms with Gasteiger partial charge in [-0.05, 0) is 41.6 Å². The number of esters is 1. The molecule has 0 aliphatic heterocycles. The van der Waals surface area contributed by atoms with E-state index in [0.717, 1.165) is 12.8 Å². The van der Waals surface area contributed by atoms with E-state index in [1.54, 1.807) is 13.1 Å². The molecule has 7 heteroatoms. The molecule has 1 atom stereocenters. The number of carbonyl (C=O) groups excluding carboxylic acids is 1. The van der Waals surface area contributed by atoms with Gasteiger partial charge in [-0.25, -0.2) is 9.48 Å². The van der Waals surface area contributed by atoms with Gasteiger partial charge in [0, 0.05) is 6.54 Å². The molecule has 0 bridgehead atoms. The fraction of sp³-hybridized carbons (Fsp3) is 0.583. The maximum atomic E-state index is 12.1. The summed E-state index contributed by atoms with van der Waals surface area (Å²) in [6.07, 6.45) is 3.86. The van der Waals surface area contributed by atoms with Gasteiger partial charge in [0.25, 0.3) is 5.56 Å². The Bertz CT molecular complexity index is 540. The van der Waals surface area contributed by atoms with E-state index >= 15 is 0 Å². The van der Waals surface area contributed by atoms with Crippen LogP contribution in [0.5, 0.6) is 0 Å². The van der Waals surface area contributed by atoms with Gasteiger partial charge in [-0.15, -0.1) is 0 Å². The van der Waals surface area contributed by atoms with Crippen LogP contribution in [0.2, 0.25) is 0 Å². The van der Waals surface area contributed by atoms with Crippen LogP contribution in [0.1, 0.15) is 19.8 Å². The number of hydrogen-bond donors (Lipinski definition) is 1. The van der Waals surface area contributed by atoms with Crippen molar-refractivity contribution in [2.24, 2.45) is 5.92 Å². The first kappa shape index (κ1) is 14.0. The van der Waals surface area contributed by atoms with E-state index in [9.17, 15) is 9.59 Å². The normalized spacial score (nSPS) is 15.9. The lowest BCUT2D eigenvalue weighted by Crippen LogP contribution is -2.30. The minimum atomic E-state index is -0.540. The SMILES string of the molecule is COC(=O)C(C)Nc1cnn(CC2CC2)c(=O)c1Br. The molecule has 1 unspecified atom stereocenters. The smallest absolute Gasteiger partial charge is 0.327 e. The number of hydrogen-bond acceptors (Lipinski definition) is 5. The number of methoxy groups -OCH3 is 1. The Kier molecular flexibility index (Phi) is 4.24. The van der Waals surface area contributed by atoms with E-state index in [1.165, 1.54) is 11.8 Å². The van der Waals surface area contributed by atoms with E-state index in [4.69, 9.17) is 0 Å². The molecule has 0 aromatic carbocycles. The minimum Gasteiger partial charge on any atom is -0.467 e. The Morgan fingerprint density at radius 2 is 2.37 bits per heavy atom. The summed E-state index contributed by atoms with van der Waals surface area (Å²) in [6.45, 7) is 2.32. The molecule has 0 saturated heterocycles. The van der Waals surface area contributed by atoms with Crippen LogP contribution < -0.4 is 10.9 Å². The molecule has 6 nitrogen and oxygen atoms in total. The fourth-order valence-electron chi connectivity index (χ4n) is 1.71. The lowest BCUT2D eigenvalue weighted by Gasteiger charge is -2.14. The number of nitrogens with zero attached hydrogens (tertiary/aromatic N) is 2. The van der Waals surface area contributed by atoms with Gasteiger partial charge in [0.05, 0.1) is 19.0 Å². The predicted molar refractivity (Wildman–Crippen MR) is 74.0 cm³/mol. The third-order valence-electron chi connectivity index (χ3n) is 3.04. The summed E-state index contributed by atoms with van der Waals surface area (Å²) < 4.78 is 6.46. The highest BCUT2D eigenvalue weighted by Gasteiger charge is 2.23. The van der Waals surface area contributed by atoms with E-state index in [0.29, 0.717) is 22.6 Å². The van der Waals surface area contributed by atoms with Crippen LogP contribution in [0, 0.1) is 5.92 Å². The third-order valence-corrected chi connectivity index (χ3v) is 3.81. The Balaban J connectivity index is 2.15. The van der Waals surface area contributed by atoms with Crippen molar-refractivity contribution in [2.75, 3.05) is 12.4 Å². The van der Waals surface area contributed by atoms with Crippen LogP contribution in [0.15, 0.2) is 15.5 Å². The van der Waals surface area contributed by atoms with Gasteiger partial charge >= 0.3 is 5.97 Å². The number of rotatable bonds is 5. The molecule has 0 radical (unpaired) electrons. The van der Waals surface area contributed by atoms with Crippen molar-refractivity contribution in [3.63, 3.8) is 0 Å². The van der Waals surface area contributed by atoms with E-state index in [2.05, 4.69) is 31.1 Å².